The summed E-state index contributed by atoms with van der Waals surface area (Å²) in [6.07, 6.45) is 48.6. The summed E-state index contributed by atoms with van der Waals surface area (Å²) in [5, 5.41) is 0. The lowest BCUT2D eigenvalue weighted by atomic mass is 9.47. The minimum Gasteiger partial charge on any atom is -0.379 e. The van der Waals surface area contributed by atoms with Crippen molar-refractivity contribution in [3.8, 4) is 0 Å². The van der Waals surface area contributed by atoms with Crippen LogP contribution in [0.15, 0.2) is 30.4 Å². The van der Waals surface area contributed by atoms with Crippen molar-refractivity contribution in [2.45, 2.75) is 246 Å². The topological polar surface area (TPSA) is 45.5 Å². The molecule has 0 spiro atoms. The van der Waals surface area contributed by atoms with Gasteiger partial charge in [0, 0.05) is 32.2 Å². The number of rotatable bonds is 33. The summed E-state index contributed by atoms with van der Waals surface area (Å²) in [6, 6.07) is 0. The molecule has 3 saturated carbocycles. The van der Waals surface area contributed by atoms with Crippen molar-refractivity contribution < 1.29 is 14.2 Å². The molecule has 3 fully saturated rings. The Bertz CT molecular complexity index is 1280. The Morgan fingerprint density at radius 1 is 0.717 bits per heavy atom. The maximum Gasteiger partial charge on any atom is 0.0987 e. The number of allylic oxidation sites excluding steroid dienone is 1. The SMILES string of the molecule is CCCCCCCCCCCCCCCCCCOCC(Cn1ccnc1)OCCCCO[C@H]1CC[C@@]2(C)C(=CCC3C4CCC(C(C)CCCC(C)C)[C@@]4(C)CCC32)C1. The van der Waals surface area contributed by atoms with Gasteiger partial charge >= 0.3 is 0 Å². The van der Waals surface area contributed by atoms with E-state index >= 15 is 0 Å². The van der Waals surface area contributed by atoms with Crippen molar-refractivity contribution in [1.29, 1.82) is 0 Å². The van der Waals surface area contributed by atoms with Crippen LogP contribution in [0.4, 0.5) is 0 Å². The maximum absolute atomic E-state index is 6.61. The first-order valence-corrected chi connectivity index (χ1v) is 26.7. The van der Waals surface area contributed by atoms with Crippen LogP contribution < -0.4 is 0 Å². The largest absolute Gasteiger partial charge is 0.379 e. The highest BCUT2D eigenvalue weighted by molar-refractivity contribution is 5.25. The lowest BCUT2D eigenvalue weighted by Gasteiger charge is -2.58. The van der Waals surface area contributed by atoms with Crippen LogP contribution in [-0.4, -0.2) is 48.2 Å². The van der Waals surface area contributed by atoms with E-state index in [1.54, 1.807) is 5.57 Å². The molecular weight excluding hydrogens is 737 g/mol. The summed E-state index contributed by atoms with van der Waals surface area (Å²) in [4.78, 5) is 4.26. The first-order chi connectivity index (χ1) is 29.2. The third-order valence-electron chi connectivity index (χ3n) is 16.9. The fourth-order valence-electron chi connectivity index (χ4n) is 13.2. The number of imidazole rings is 1. The fraction of sp³-hybridized carbons (Fsp3) is 0.909. The number of aromatic nitrogens is 2. The van der Waals surface area contributed by atoms with Gasteiger partial charge in [0.25, 0.3) is 0 Å². The summed E-state index contributed by atoms with van der Waals surface area (Å²) in [7, 11) is 0. The lowest BCUT2D eigenvalue weighted by Crippen LogP contribution is -2.51. The van der Waals surface area contributed by atoms with Gasteiger partial charge in [-0.1, -0.05) is 169 Å². The minimum atomic E-state index is 0.0603. The van der Waals surface area contributed by atoms with Gasteiger partial charge in [-0.15, -0.1) is 0 Å². The summed E-state index contributed by atoms with van der Waals surface area (Å²) in [5.41, 5.74) is 2.73. The van der Waals surface area contributed by atoms with Crippen LogP contribution in [0.5, 0.6) is 0 Å². The molecule has 5 nitrogen and oxygen atoms in total. The van der Waals surface area contributed by atoms with Crippen LogP contribution in [0, 0.1) is 46.3 Å². The van der Waals surface area contributed by atoms with Crippen molar-refractivity contribution in [3.63, 3.8) is 0 Å². The number of nitrogens with zero attached hydrogens (tertiary/aromatic N) is 2. The van der Waals surface area contributed by atoms with E-state index in [0.717, 1.165) is 87.6 Å². The molecule has 1 aromatic rings. The van der Waals surface area contributed by atoms with E-state index in [1.165, 1.54) is 161 Å². The first kappa shape index (κ1) is 49.8. The molecule has 0 aromatic carbocycles. The molecule has 9 atom stereocenters. The molecule has 5 heteroatoms. The summed E-state index contributed by atoms with van der Waals surface area (Å²) in [6.45, 7) is 19.0. The maximum atomic E-state index is 6.61. The Morgan fingerprint density at radius 3 is 2.05 bits per heavy atom. The third-order valence-corrected chi connectivity index (χ3v) is 16.9. The van der Waals surface area contributed by atoms with E-state index in [9.17, 15) is 0 Å². The Kier molecular flexibility index (Phi) is 22.6. The standard InChI is InChI=1S/C55H98N2O3/c1-7-8-9-10-11-12-13-14-15-16-17-18-19-20-21-22-38-58-43-49(42-57-37-36-56-44-57)60-40-24-23-39-59-48-32-34-54(5)47(41-48)28-29-50-52-31-30-51(46(4)27-25-26-45(2)3)55(52,6)35-33-53(50)54/h28,36-37,44-46,48-53H,7-27,29-35,38-43H2,1-6H3/t46?,48-,49?,50?,51?,52?,53?,54-,55+/m0/s1. The molecule has 0 saturated heterocycles. The molecule has 0 aliphatic heterocycles. The fourth-order valence-corrected chi connectivity index (χ4v) is 13.2. The molecule has 4 aliphatic rings. The molecular formula is C55H98N2O3. The average molecular weight is 835 g/mol. The van der Waals surface area contributed by atoms with Crippen LogP contribution >= 0.6 is 0 Å². The monoisotopic (exact) mass is 835 g/mol. The van der Waals surface area contributed by atoms with Crippen molar-refractivity contribution in [2.24, 2.45) is 46.3 Å². The van der Waals surface area contributed by atoms with Crippen molar-refractivity contribution in [3.05, 3.63) is 30.4 Å². The second-order valence-corrected chi connectivity index (χ2v) is 21.9. The summed E-state index contributed by atoms with van der Waals surface area (Å²) < 4.78 is 21.3. The summed E-state index contributed by atoms with van der Waals surface area (Å²) in [5.74, 6) is 5.41. The van der Waals surface area contributed by atoms with Gasteiger partial charge in [-0.25, -0.2) is 4.98 Å². The molecule has 0 amide bonds. The van der Waals surface area contributed by atoms with Crippen molar-refractivity contribution in [2.75, 3.05) is 26.4 Å². The van der Waals surface area contributed by atoms with E-state index < -0.39 is 0 Å². The number of hydrogen-bond donors (Lipinski definition) is 0. The molecule has 4 aliphatic carbocycles. The van der Waals surface area contributed by atoms with Crippen LogP contribution in [0.25, 0.3) is 0 Å². The van der Waals surface area contributed by atoms with E-state index in [0.29, 0.717) is 23.5 Å². The minimum absolute atomic E-state index is 0.0603. The Labute approximate surface area is 372 Å². The number of fused-ring (bicyclic) bond motifs is 5. The molecule has 0 N–H and O–H groups in total. The van der Waals surface area contributed by atoms with Crippen molar-refractivity contribution in [1.82, 2.24) is 9.55 Å². The Hall–Kier alpha value is -1.17. The summed E-state index contributed by atoms with van der Waals surface area (Å²) >= 11 is 0. The van der Waals surface area contributed by atoms with E-state index in [-0.39, 0.29) is 6.10 Å². The molecule has 1 aromatic heterocycles. The van der Waals surface area contributed by atoms with Gasteiger partial charge < -0.3 is 18.8 Å². The van der Waals surface area contributed by atoms with E-state index in [2.05, 4.69) is 57.2 Å². The second-order valence-electron chi connectivity index (χ2n) is 21.9. The zero-order chi connectivity index (χ0) is 42.5. The van der Waals surface area contributed by atoms with Gasteiger partial charge in [0.1, 0.15) is 0 Å². The van der Waals surface area contributed by atoms with E-state index in [1.807, 2.05) is 18.7 Å². The average Bonchev–Trinajstić information content (AvgIpc) is 3.88. The van der Waals surface area contributed by atoms with Gasteiger partial charge in [0.15, 0.2) is 0 Å². The predicted octanol–water partition coefficient (Wildman–Crippen LogP) is 15.8. The predicted molar refractivity (Wildman–Crippen MR) is 254 cm³/mol. The number of unbranched alkanes of at least 4 members (excludes halogenated alkanes) is 16. The highest BCUT2D eigenvalue weighted by Crippen LogP contribution is 2.67. The molecule has 0 bridgehead atoms. The van der Waals surface area contributed by atoms with Gasteiger partial charge in [-0.05, 0) is 117 Å². The zero-order valence-corrected chi connectivity index (χ0v) is 40.6. The lowest BCUT2D eigenvalue weighted by molar-refractivity contribution is -0.0648. The van der Waals surface area contributed by atoms with Crippen LogP contribution in [0.3, 0.4) is 0 Å². The smallest absolute Gasteiger partial charge is 0.0987 e. The van der Waals surface area contributed by atoms with E-state index in [4.69, 9.17) is 14.2 Å². The quantitative estimate of drug-likeness (QED) is 0.0523. The highest BCUT2D eigenvalue weighted by Gasteiger charge is 2.59. The number of ether oxygens (including phenoxy) is 3. The highest BCUT2D eigenvalue weighted by atomic mass is 16.5. The zero-order valence-electron chi connectivity index (χ0n) is 40.6. The normalized spacial score (nSPS) is 28.6. The van der Waals surface area contributed by atoms with Gasteiger partial charge in [0.2, 0.25) is 0 Å². The second kappa shape index (κ2) is 27.2. The molecule has 5 rings (SSSR count). The van der Waals surface area contributed by atoms with Gasteiger partial charge in [-0.2, -0.15) is 0 Å². The Balaban J connectivity index is 0.909. The van der Waals surface area contributed by atoms with Gasteiger partial charge in [-0.3, -0.25) is 0 Å². The molecule has 60 heavy (non-hydrogen) atoms. The molecule has 346 valence electrons. The van der Waals surface area contributed by atoms with Crippen molar-refractivity contribution >= 4 is 0 Å². The third kappa shape index (κ3) is 15.5. The molecule has 1 heterocycles. The number of hydrogen-bond acceptors (Lipinski definition) is 4. The van der Waals surface area contributed by atoms with Gasteiger partial charge in [0.05, 0.1) is 31.7 Å². The van der Waals surface area contributed by atoms with Crippen LogP contribution in [0.2, 0.25) is 0 Å². The van der Waals surface area contributed by atoms with Crippen LogP contribution in [0.1, 0.15) is 228 Å². The first-order valence-electron chi connectivity index (χ1n) is 26.7. The molecule has 0 radical (unpaired) electrons. The molecule has 6 unspecified atom stereocenters. The van der Waals surface area contributed by atoms with Crippen LogP contribution in [-0.2, 0) is 20.8 Å². The Morgan fingerprint density at radius 2 is 1.38 bits per heavy atom.